The molecule has 1 aromatic carbocycles. The maximum Gasteiger partial charge on any atom is 0.251 e. The number of aliphatic hydroxyl groups is 1. The molecule has 2 N–H and O–H groups in total. The van der Waals surface area contributed by atoms with Gasteiger partial charge in [0.2, 0.25) is 0 Å². The first-order chi connectivity index (χ1) is 12.1. The third-order valence-electron chi connectivity index (χ3n) is 4.49. The Bertz CT molecular complexity index is 749. The molecule has 1 saturated heterocycles. The van der Waals surface area contributed by atoms with Gasteiger partial charge < -0.3 is 15.3 Å². The van der Waals surface area contributed by atoms with Crippen molar-refractivity contribution < 1.29 is 9.90 Å². The van der Waals surface area contributed by atoms with Gasteiger partial charge in [-0.2, -0.15) is 0 Å². The second kappa shape index (κ2) is 7.97. The number of aryl methyl sites for hydroxylation is 1. The molecule has 25 heavy (non-hydrogen) atoms. The summed E-state index contributed by atoms with van der Waals surface area (Å²) in [5.74, 6) is -0.122. The van der Waals surface area contributed by atoms with E-state index >= 15 is 0 Å². The van der Waals surface area contributed by atoms with E-state index in [1.54, 1.807) is 6.20 Å². The van der Waals surface area contributed by atoms with E-state index in [9.17, 15) is 9.90 Å². The Morgan fingerprint density at radius 1 is 1.40 bits per heavy atom. The molecule has 0 saturated carbocycles. The zero-order chi connectivity index (χ0) is 17.8. The van der Waals surface area contributed by atoms with Crippen molar-refractivity contribution in [1.82, 2.24) is 10.3 Å². The third-order valence-corrected chi connectivity index (χ3v) is 4.95. The van der Waals surface area contributed by atoms with Crippen LogP contribution in [0.2, 0.25) is 0 Å². The highest BCUT2D eigenvalue weighted by atomic mass is 79.9. The molecule has 3 rings (SSSR count). The highest BCUT2D eigenvalue weighted by Crippen LogP contribution is 2.29. The van der Waals surface area contributed by atoms with Gasteiger partial charge in [-0.15, -0.1) is 0 Å². The van der Waals surface area contributed by atoms with Crippen molar-refractivity contribution in [3.05, 3.63) is 57.8 Å². The molecular weight excluding hydrogens is 382 g/mol. The molecule has 5 nitrogen and oxygen atoms in total. The number of hydrogen-bond acceptors (Lipinski definition) is 4. The fraction of sp³-hybridized carbons (Fsp3) is 0.368. The Hall–Kier alpha value is -1.92. The van der Waals surface area contributed by atoms with Gasteiger partial charge in [-0.25, -0.2) is 0 Å². The number of carbonyl (C=O) groups is 1. The molecule has 1 aromatic heterocycles. The molecule has 2 aromatic rings. The summed E-state index contributed by atoms with van der Waals surface area (Å²) in [6.07, 6.45) is 3.81. The fourth-order valence-electron chi connectivity index (χ4n) is 3.12. The Labute approximate surface area is 156 Å². The Morgan fingerprint density at radius 3 is 2.96 bits per heavy atom. The van der Waals surface area contributed by atoms with E-state index in [1.165, 1.54) is 0 Å². The van der Waals surface area contributed by atoms with E-state index in [0.717, 1.165) is 40.8 Å². The Balaban J connectivity index is 1.72. The van der Waals surface area contributed by atoms with Crippen LogP contribution in [-0.2, 0) is 6.54 Å². The minimum Gasteiger partial charge on any atom is -0.394 e. The van der Waals surface area contributed by atoms with Gasteiger partial charge in [0.25, 0.3) is 5.91 Å². The van der Waals surface area contributed by atoms with Crippen LogP contribution in [0.4, 0.5) is 5.69 Å². The fourth-order valence-corrected chi connectivity index (χ4v) is 3.61. The molecule has 1 amide bonds. The van der Waals surface area contributed by atoms with E-state index < -0.39 is 0 Å². The van der Waals surface area contributed by atoms with Crippen LogP contribution in [0, 0.1) is 6.92 Å². The van der Waals surface area contributed by atoms with Crippen LogP contribution in [0.3, 0.4) is 0 Å². The molecule has 6 heteroatoms. The smallest absolute Gasteiger partial charge is 0.251 e. The minimum absolute atomic E-state index is 0.122. The summed E-state index contributed by atoms with van der Waals surface area (Å²) in [5.41, 5.74) is 3.49. The van der Waals surface area contributed by atoms with E-state index in [2.05, 4.69) is 31.1 Å². The van der Waals surface area contributed by atoms with Crippen molar-refractivity contribution in [2.45, 2.75) is 32.4 Å². The average Bonchev–Trinajstić information content (AvgIpc) is 3.09. The van der Waals surface area contributed by atoms with E-state index in [4.69, 9.17) is 0 Å². The number of hydrogen-bond donors (Lipinski definition) is 2. The lowest BCUT2D eigenvalue weighted by Gasteiger charge is -2.26. The number of amides is 1. The summed E-state index contributed by atoms with van der Waals surface area (Å²) in [7, 11) is 0. The molecule has 1 unspecified atom stereocenters. The summed E-state index contributed by atoms with van der Waals surface area (Å²) in [6, 6.07) is 9.72. The number of aromatic nitrogens is 1. The quantitative estimate of drug-likeness (QED) is 0.804. The predicted molar refractivity (Wildman–Crippen MR) is 102 cm³/mol. The van der Waals surface area contributed by atoms with Crippen LogP contribution >= 0.6 is 15.9 Å². The zero-order valence-electron chi connectivity index (χ0n) is 14.2. The number of nitrogens with one attached hydrogen (secondary N) is 1. The van der Waals surface area contributed by atoms with Crippen LogP contribution in [0.5, 0.6) is 0 Å². The molecule has 1 aliphatic rings. The second-order valence-electron chi connectivity index (χ2n) is 6.36. The number of benzene rings is 1. The van der Waals surface area contributed by atoms with Crippen molar-refractivity contribution in [1.29, 1.82) is 0 Å². The molecule has 2 heterocycles. The van der Waals surface area contributed by atoms with Gasteiger partial charge in [0.15, 0.2) is 0 Å². The van der Waals surface area contributed by atoms with E-state index in [-0.39, 0.29) is 18.6 Å². The molecule has 1 aliphatic heterocycles. The first-order valence-corrected chi connectivity index (χ1v) is 9.24. The van der Waals surface area contributed by atoms with Gasteiger partial charge in [0.1, 0.15) is 0 Å². The average molecular weight is 404 g/mol. The molecule has 1 atom stereocenters. The molecule has 0 aliphatic carbocycles. The molecule has 0 spiro atoms. The molecule has 0 radical (unpaired) electrons. The van der Waals surface area contributed by atoms with Crippen LogP contribution in [0.15, 0.2) is 41.0 Å². The maximum atomic E-state index is 12.5. The molecule has 1 fully saturated rings. The van der Waals surface area contributed by atoms with Gasteiger partial charge >= 0.3 is 0 Å². The van der Waals surface area contributed by atoms with E-state index in [0.29, 0.717) is 12.1 Å². The number of aliphatic hydroxyl groups excluding tert-OH is 1. The van der Waals surface area contributed by atoms with Crippen molar-refractivity contribution >= 4 is 27.5 Å². The minimum atomic E-state index is -0.122. The summed E-state index contributed by atoms with van der Waals surface area (Å²) in [5, 5.41) is 12.5. The number of nitrogens with zero attached hydrogens (tertiary/aromatic N) is 2. The van der Waals surface area contributed by atoms with Gasteiger partial charge in [-0.3, -0.25) is 9.78 Å². The summed E-state index contributed by atoms with van der Waals surface area (Å²) in [6.45, 7) is 3.41. The topological polar surface area (TPSA) is 65.5 Å². The Kier molecular flexibility index (Phi) is 5.71. The standard InChI is InChI=1S/C19H22BrN3O2/c1-13-4-5-14(10-21-13)11-22-19(25)15-7-16(20)9-18(8-15)23-6-2-3-17(23)12-24/h4-5,7-10,17,24H,2-3,6,11-12H2,1H3,(H,22,25). The monoisotopic (exact) mass is 403 g/mol. The number of anilines is 1. The SMILES string of the molecule is Cc1ccc(CNC(=O)c2cc(Br)cc(N3CCCC3CO)c2)cn1. The largest absolute Gasteiger partial charge is 0.394 e. The molecular formula is C19H22BrN3O2. The van der Waals surface area contributed by atoms with Gasteiger partial charge in [-0.1, -0.05) is 22.0 Å². The van der Waals surface area contributed by atoms with Gasteiger partial charge in [0, 0.05) is 40.7 Å². The van der Waals surface area contributed by atoms with Crippen molar-refractivity contribution in [3.8, 4) is 0 Å². The van der Waals surface area contributed by atoms with Crippen molar-refractivity contribution in [3.63, 3.8) is 0 Å². The van der Waals surface area contributed by atoms with Crippen molar-refractivity contribution in [2.75, 3.05) is 18.1 Å². The highest BCUT2D eigenvalue weighted by Gasteiger charge is 2.24. The first-order valence-electron chi connectivity index (χ1n) is 8.44. The Morgan fingerprint density at radius 2 is 2.24 bits per heavy atom. The number of pyridine rings is 1. The van der Waals surface area contributed by atoms with Crippen LogP contribution in [0.1, 0.15) is 34.5 Å². The summed E-state index contributed by atoms with van der Waals surface area (Å²) < 4.78 is 0.857. The first kappa shape index (κ1) is 17.9. The van der Waals surface area contributed by atoms with Gasteiger partial charge in [0.05, 0.1) is 12.6 Å². The number of halogens is 1. The molecule has 132 valence electrons. The lowest BCUT2D eigenvalue weighted by molar-refractivity contribution is 0.0951. The molecule has 0 bridgehead atoms. The number of carbonyl (C=O) groups excluding carboxylic acids is 1. The van der Waals surface area contributed by atoms with E-state index in [1.807, 2.05) is 37.3 Å². The second-order valence-corrected chi connectivity index (χ2v) is 7.28. The lowest BCUT2D eigenvalue weighted by Crippen LogP contribution is -2.32. The third kappa shape index (κ3) is 4.38. The maximum absolute atomic E-state index is 12.5. The highest BCUT2D eigenvalue weighted by molar-refractivity contribution is 9.10. The number of rotatable bonds is 5. The van der Waals surface area contributed by atoms with Crippen LogP contribution in [-0.4, -0.2) is 35.2 Å². The lowest BCUT2D eigenvalue weighted by atomic mass is 10.1. The van der Waals surface area contributed by atoms with Gasteiger partial charge in [-0.05, 0) is 49.6 Å². The van der Waals surface area contributed by atoms with Crippen molar-refractivity contribution in [2.24, 2.45) is 0 Å². The normalized spacial score (nSPS) is 16.9. The predicted octanol–water partition coefficient (Wildman–Crippen LogP) is 3.04. The zero-order valence-corrected chi connectivity index (χ0v) is 15.8. The van der Waals surface area contributed by atoms with Crippen LogP contribution < -0.4 is 10.2 Å². The summed E-state index contributed by atoms with van der Waals surface area (Å²) >= 11 is 3.50. The van der Waals surface area contributed by atoms with Crippen LogP contribution in [0.25, 0.3) is 0 Å². The summed E-state index contributed by atoms with van der Waals surface area (Å²) in [4.78, 5) is 18.9.